The van der Waals surface area contributed by atoms with E-state index in [4.69, 9.17) is 4.74 Å². The fourth-order valence-electron chi connectivity index (χ4n) is 2.39. The fourth-order valence-corrected chi connectivity index (χ4v) is 2.39. The highest BCUT2D eigenvalue weighted by molar-refractivity contribution is 5.95. The number of benzene rings is 2. The lowest BCUT2D eigenvalue weighted by Gasteiger charge is -2.17. The van der Waals surface area contributed by atoms with Crippen LogP contribution < -0.4 is 15.2 Å². The van der Waals surface area contributed by atoms with Gasteiger partial charge in [-0.1, -0.05) is 12.1 Å². The molecule has 0 aliphatic heterocycles. The molecule has 1 aromatic heterocycles. The van der Waals surface area contributed by atoms with Crippen LogP contribution in [0.5, 0.6) is 5.75 Å². The molecule has 0 bridgehead atoms. The summed E-state index contributed by atoms with van der Waals surface area (Å²) < 4.78 is 18.2. The number of nitrogens with zero attached hydrogens (tertiary/aromatic N) is 4. The first-order valence-electron chi connectivity index (χ1n) is 7.53. The molecule has 8 heteroatoms. The zero-order valence-corrected chi connectivity index (χ0v) is 13.4. The van der Waals surface area contributed by atoms with Crippen molar-refractivity contribution in [3.63, 3.8) is 0 Å². The Labute approximate surface area is 143 Å². The maximum Gasteiger partial charge on any atom is 0.232 e. The van der Waals surface area contributed by atoms with Crippen LogP contribution in [0.4, 0.5) is 10.1 Å². The van der Waals surface area contributed by atoms with Crippen LogP contribution in [-0.2, 0) is 11.2 Å². The molecule has 0 aliphatic rings. The maximum absolute atomic E-state index is 13.0. The Hall–Kier alpha value is -3.29. The highest BCUT2D eigenvalue weighted by atomic mass is 19.1. The first-order chi connectivity index (χ1) is 12.2. The zero-order valence-electron chi connectivity index (χ0n) is 13.4. The second-order valence-electron chi connectivity index (χ2n) is 5.34. The van der Waals surface area contributed by atoms with E-state index in [1.807, 2.05) is 24.3 Å². The molecule has 25 heavy (non-hydrogen) atoms. The largest absolute Gasteiger partial charge is 0.497 e. The lowest BCUT2D eigenvalue weighted by Crippen LogP contribution is -2.24. The topological polar surface area (TPSA) is 91.1 Å². The SMILES string of the molecule is COc1cccc(C[C@@H](C(=O)Nc2ccc(F)cc2)c2nnn[n-]2)c1. The van der Waals surface area contributed by atoms with E-state index in [2.05, 4.69) is 25.9 Å². The third-order valence-corrected chi connectivity index (χ3v) is 3.65. The van der Waals surface area contributed by atoms with Crippen LogP contribution in [-0.4, -0.2) is 28.5 Å². The number of carbonyl (C=O) groups is 1. The van der Waals surface area contributed by atoms with Gasteiger partial charge in [-0.05, 0) is 48.4 Å². The number of hydrogen-bond donors (Lipinski definition) is 1. The van der Waals surface area contributed by atoms with E-state index >= 15 is 0 Å². The molecule has 1 heterocycles. The molecular weight excluding hydrogens is 325 g/mol. The van der Waals surface area contributed by atoms with Gasteiger partial charge in [-0.15, -0.1) is 0 Å². The third kappa shape index (κ3) is 4.17. The van der Waals surface area contributed by atoms with E-state index in [-0.39, 0.29) is 17.5 Å². The Kier molecular flexibility index (Phi) is 4.98. The Balaban J connectivity index is 1.81. The highest BCUT2D eigenvalue weighted by Crippen LogP contribution is 2.22. The smallest absolute Gasteiger partial charge is 0.232 e. The monoisotopic (exact) mass is 340 g/mol. The number of methoxy groups -OCH3 is 1. The molecule has 2 aromatic carbocycles. The van der Waals surface area contributed by atoms with Crippen molar-refractivity contribution in [2.24, 2.45) is 0 Å². The van der Waals surface area contributed by atoms with Gasteiger partial charge in [0.1, 0.15) is 11.6 Å². The van der Waals surface area contributed by atoms with Crippen molar-refractivity contribution >= 4 is 11.6 Å². The molecule has 128 valence electrons. The second-order valence-corrected chi connectivity index (χ2v) is 5.34. The number of ether oxygens (including phenoxy) is 1. The molecule has 0 unspecified atom stereocenters. The summed E-state index contributed by atoms with van der Waals surface area (Å²) in [6.45, 7) is 0. The van der Waals surface area contributed by atoms with Crippen LogP contribution in [0, 0.1) is 5.82 Å². The van der Waals surface area contributed by atoms with E-state index in [9.17, 15) is 9.18 Å². The normalized spacial score (nSPS) is 11.8. The predicted molar refractivity (Wildman–Crippen MR) is 87.6 cm³/mol. The van der Waals surface area contributed by atoms with Crippen LogP contribution >= 0.6 is 0 Å². The van der Waals surface area contributed by atoms with Gasteiger partial charge in [0.2, 0.25) is 5.91 Å². The summed E-state index contributed by atoms with van der Waals surface area (Å²) in [7, 11) is 1.58. The lowest BCUT2D eigenvalue weighted by molar-refractivity contribution is -0.117. The molecule has 1 amide bonds. The zero-order chi connectivity index (χ0) is 17.6. The van der Waals surface area contributed by atoms with Crippen LogP contribution in [0.25, 0.3) is 0 Å². The van der Waals surface area contributed by atoms with Crippen LogP contribution in [0.1, 0.15) is 17.3 Å². The maximum atomic E-state index is 13.0. The molecule has 0 radical (unpaired) electrons. The minimum absolute atomic E-state index is 0.224. The van der Waals surface area contributed by atoms with Gasteiger partial charge in [-0.25, -0.2) is 4.39 Å². The molecule has 0 saturated heterocycles. The average Bonchev–Trinajstić information content (AvgIpc) is 3.16. The van der Waals surface area contributed by atoms with Crippen LogP contribution in [0.15, 0.2) is 48.5 Å². The van der Waals surface area contributed by atoms with Crippen molar-refractivity contribution in [3.8, 4) is 5.75 Å². The molecular formula is C17H15FN5O2-. The number of hydrogen-bond acceptors (Lipinski definition) is 5. The van der Waals surface area contributed by atoms with Gasteiger partial charge >= 0.3 is 0 Å². The molecule has 0 saturated carbocycles. The fraction of sp³-hybridized carbons (Fsp3) is 0.176. The van der Waals surface area contributed by atoms with E-state index in [0.717, 1.165) is 5.56 Å². The number of halogens is 1. The summed E-state index contributed by atoms with van der Waals surface area (Å²) in [4.78, 5) is 12.7. The predicted octanol–water partition coefficient (Wildman–Crippen LogP) is 1.94. The molecule has 3 aromatic rings. The summed E-state index contributed by atoms with van der Waals surface area (Å²) in [5.74, 6) is -0.479. The first kappa shape index (κ1) is 16.6. The minimum Gasteiger partial charge on any atom is -0.497 e. The summed E-state index contributed by atoms with van der Waals surface area (Å²) in [5.41, 5.74) is 1.36. The van der Waals surface area contributed by atoms with Crippen LogP contribution in [0.3, 0.4) is 0 Å². The number of aromatic nitrogens is 4. The van der Waals surface area contributed by atoms with Gasteiger partial charge in [0.15, 0.2) is 0 Å². The van der Waals surface area contributed by atoms with Gasteiger partial charge in [-0.2, -0.15) is 5.21 Å². The molecule has 7 nitrogen and oxygen atoms in total. The van der Waals surface area contributed by atoms with Gasteiger partial charge < -0.3 is 15.2 Å². The summed E-state index contributed by atoms with van der Waals surface area (Å²) in [5, 5.41) is 17.3. The van der Waals surface area contributed by atoms with E-state index in [1.54, 1.807) is 7.11 Å². The minimum atomic E-state index is -0.688. The number of carbonyl (C=O) groups excluding carboxylic acids is 1. The van der Waals surface area contributed by atoms with Crippen molar-refractivity contribution < 1.29 is 13.9 Å². The standard InChI is InChI=1S/C17H16FN5O2/c1-25-14-4-2-3-11(9-14)10-15(16-20-22-23-21-16)17(24)19-13-7-5-12(18)6-8-13/h2-9,15H,10H2,1H3,(H2,19,20,21,22,23,24)/p-1/t15-/m1/s1. The van der Waals surface area contributed by atoms with Gasteiger partial charge in [0.25, 0.3) is 0 Å². The average molecular weight is 340 g/mol. The third-order valence-electron chi connectivity index (χ3n) is 3.65. The van der Waals surface area contributed by atoms with Crippen LogP contribution in [0.2, 0.25) is 0 Å². The molecule has 1 N–H and O–H groups in total. The number of anilines is 1. The molecule has 3 rings (SSSR count). The van der Waals surface area contributed by atoms with Crippen molar-refractivity contribution in [3.05, 3.63) is 65.7 Å². The van der Waals surface area contributed by atoms with E-state index in [0.29, 0.717) is 17.9 Å². The summed E-state index contributed by atoms with van der Waals surface area (Å²) >= 11 is 0. The summed E-state index contributed by atoms with van der Waals surface area (Å²) in [6, 6.07) is 12.9. The lowest BCUT2D eigenvalue weighted by atomic mass is 9.97. The Morgan fingerprint density at radius 3 is 2.76 bits per heavy atom. The van der Waals surface area contributed by atoms with Gasteiger partial charge in [0, 0.05) is 11.5 Å². The van der Waals surface area contributed by atoms with Gasteiger partial charge in [-0.3, -0.25) is 15.1 Å². The van der Waals surface area contributed by atoms with E-state index in [1.165, 1.54) is 24.3 Å². The quantitative estimate of drug-likeness (QED) is 0.737. The first-order valence-corrected chi connectivity index (χ1v) is 7.53. The second kappa shape index (κ2) is 7.52. The number of tetrazole rings is 1. The number of amides is 1. The Morgan fingerprint density at radius 2 is 2.08 bits per heavy atom. The van der Waals surface area contributed by atoms with E-state index < -0.39 is 5.92 Å². The highest BCUT2D eigenvalue weighted by Gasteiger charge is 2.21. The van der Waals surface area contributed by atoms with Crippen molar-refractivity contribution in [1.82, 2.24) is 20.6 Å². The molecule has 0 aliphatic carbocycles. The number of rotatable bonds is 6. The van der Waals surface area contributed by atoms with Gasteiger partial charge in [0.05, 0.1) is 13.0 Å². The molecule has 0 spiro atoms. The number of nitrogens with one attached hydrogen (secondary N) is 1. The molecule has 0 fully saturated rings. The molecule has 1 atom stereocenters. The van der Waals surface area contributed by atoms with Crippen molar-refractivity contribution in [2.75, 3.05) is 12.4 Å². The summed E-state index contributed by atoms with van der Waals surface area (Å²) in [6.07, 6.45) is 0.345. The Bertz CT molecular complexity index is 837. The Morgan fingerprint density at radius 1 is 1.28 bits per heavy atom. The van der Waals surface area contributed by atoms with Crippen molar-refractivity contribution in [2.45, 2.75) is 12.3 Å². The van der Waals surface area contributed by atoms with Crippen molar-refractivity contribution in [1.29, 1.82) is 0 Å².